The van der Waals surface area contributed by atoms with Gasteiger partial charge in [-0.25, -0.2) is 0 Å². The molecule has 1 spiro atoms. The SMILES string of the molecule is N#Cc1ccc2cc(C(=O)N[C@@H]3C4CCN(C4)C34CC4)sc2c1. The third-order valence-electron chi connectivity index (χ3n) is 5.83. The molecular formula is C18H17N3OS. The topological polar surface area (TPSA) is 56.1 Å². The monoisotopic (exact) mass is 323 g/mol. The standard InChI is InChI=1S/C18H17N3OS/c19-9-11-1-2-12-8-15(23-14(12)7-11)17(22)20-16-13-3-6-21(10-13)18(16)4-5-18/h1-2,7-8,13,16H,3-6,10H2,(H,20,22)/t13?,16-/m1/s1. The van der Waals surface area contributed by atoms with E-state index in [0.29, 0.717) is 17.5 Å². The van der Waals surface area contributed by atoms with E-state index in [0.717, 1.165) is 21.5 Å². The van der Waals surface area contributed by atoms with Crippen molar-refractivity contribution in [1.82, 2.24) is 10.2 Å². The van der Waals surface area contributed by atoms with Crippen molar-refractivity contribution in [2.24, 2.45) is 5.92 Å². The molecule has 2 aliphatic heterocycles. The molecule has 1 amide bonds. The summed E-state index contributed by atoms with van der Waals surface area (Å²) in [4.78, 5) is 16.1. The largest absolute Gasteiger partial charge is 0.346 e. The van der Waals surface area contributed by atoms with Gasteiger partial charge in [-0.2, -0.15) is 5.26 Å². The number of hydrogen-bond donors (Lipinski definition) is 1. The molecule has 0 radical (unpaired) electrons. The van der Waals surface area contributed by atoms with E-state index in [1.54, 1.807) is 6.07 Å². The maximum absolute atomic E-state index is 12.7. The Hall–Kier alpha value is -1.90. The van der Waals surface area contributed by atoms with Gasteiger partial charge in [0.2, 0.25) is 0 Å². The number of nitriles is 1. The van der Waals surface area contributed by atoms with E-state index < -0.39 is 0 Å². The molecule has 3 fully saturated rings. The number of benzene rings is 1. The summed E-state index contributed by atoms with van der Waals surface area (Å²) in [7, 11) is 0. The second-order valence-corrected chi connectivity index (χ2v) is 8.11. The number of nitrogens with one attached hydrogen (secondary N) is 1. The maximum Gasteiger partial charge on any atom is 0.261 e. The fraction of sp³-hybridized carbons (Fsp3) is 0.444. The lowest BCUT2D eigenvalue weighted by Gasteiger charge is -2.33. The summed E-state index contributed by atoms with van der Waals surface area (Å²) in [5.74, 6) is 0.677. The molecule has 2 saturated heterocycles. The Morgan fingerprint density at radius 2 is 2.26 bits per heavy atom. The van der Waals surface area contributed by atoms with E-state index in [9.17, 15) is 4.79 Å². The normalized spacial score (nSPS) is 29.8. The summed E-state index contributed by atoms with van der Waals surface area (Å²) in [5.41, 5.74) is 0.924. The molecule has 1 saturated carbocycles. The zero-order valence-corrected chi connectivity index (χ0v) is 13.5. The van der Waals surface area contributed by atoms with Crippen molar-refractivity contribution in [1.29, 1.82) is 5.26 Å². The van der Waals surface area contributed by atoms with Crippen LogP contribution in [0.15, 0.2) is 24.3 Å². The number of amides is 1. The number of hydrogen-bond acceptors (Lipinski definition) is 4. The molecule has 1 aromatic heterocycles. The molecule has 116 valence electrons. The lowest BCUT2D eigenvalue weighted by molar-refractivity contribution is 0.0896. The van der Waals surface area contributed by atoms with Crippen LogP contribution in [0.3, 0.4) is 0 Å². The number of carbonyl (C=O) groups is 1. The Kier molecular flexibility index (Phi) is 2.68. The van der Waals surface area contributed by atoms with Gasteiger partial charge in [-0.05, 0) is 55.3 Å². The van der Waals surface area contributed by atoms with Gasteiger partial charge in [-0.15, -0.1) is 11.3 Å². The van der Waals surface area contributed by atoms with E-state index >= 15 is 0 Å². The minimum atomic E-state index is 0.0507. The van der Waals surface area contributed by atoms with Crippen molar-refractivity contribution < 1.29 is 4.79 Å². The van der Waals surface area contributed by atoms with E-state index in [2.05, 4.69) is 16.3 Å². The summed E-state index contributed by atoms with van der Waals surface area (Å²) >= 11 is 1.48. The minimum absolute atomic E-state index is 0.0507. The average molecular weight is 323 g/mol. The molecule has 3 heterocycles. The van der Waals surface area contributed by atoms with Crippen LogP contribution in [0, 0.1) is 17.2 Å². The highest BCUT2D eigenvalue weighted by Gasteiger charge is 2.63. The van der Waals surface area contributed by atoms with Crippen LogP contribution in [-0.4, -0.2) is 35.5 Å². The predicted octanol–water partition coefficient (Wildman–Crippen LogP) is 2.74. The van der Waals surface area contributed by atoms with Crippen molar-refractivity contribution in [3.63, 3.8) is 0 Å². The number of rotatable bonds is 2. The van der Waals surface area contributed by atoms with Crippen molar-refractivity contribution in [3.8, 4) is 6.07 Å². The van der Waals surface area contributed by atoms with Crippen molar-refractivity contribution in [3.05, 3.63) is 34.7 Å². The Bertz CT molecular complexity index is 861. The summed E-state index contributed by atoms with van der Waals surface area (Å²) in [5, 5.41) is 13.4. The number of carbonyl (C=O) groups excluding carboxylic acids is 1. The van der Waals surface area contributed by atoms with E-state index in [1.165, 1.54) is 37.1 Å². The van der Waals surface area contributed by atoms with E-state index in [1.807, 2.05) is 18.2 Å². The van der Waals surface area contributed by atoms with Gasteiger partial charge >= 0.3 is 0 Å². The van der Waals surface area contributed by atoms with Crippen molar-refractivity contribution in [2.45, 2.75) is 30.8 Å². The van der Waals surface area contributed by atoms with Gasteiger partial charge in [0.25, 0.3) is 5.91 Å². The summed E-state index contributed by atoms with van der Waals surface area (Å²) in [6, 6.07) is 10.0. The van der Waals surface area contributed by atoms with Crippen molar-refractivity contribution >= 4 is 27.3 Å². The quantitative estimate of drug-likeness (QED) is 0.924. The summed E-state index contributed by atoms with van der Waals surface area (Å²) in [6.45, 7) is 2.36. The van der Waals surface area contributed by atoms with Crippen LogP contribution in [0.4, 0.5) is 0 Å². The Morgan fingerprint density at radius 3 is 3.04 bits per heavy atom. The highest BCUT2D eigenvalue weighted by atomic mass is 32.1. The van der Waals surface area contributed by atoms with E-state index in [-0.39, 0.29) is 11.4 Å². The van der Waals surface area contributed by atoms with Crippen LogP contribution in [0.5, 0.6) is 0 Å². The highest BCUT2D eigenvalue weighted by molar-refractivity contribution is 7.20. The van der Waals surface area contributed by atoms with Crippen LogP contribution in [0.2, 0.25) is 0 Å². The molecule has 23 heavy (non-hydrogen) atoms. The minimum Gasteiger partial charge on any atom is -0.346 e. The Morgan fingerprint density at radius 1 is 1.39 bits per heavy atom. The highest BCUT2D eigenvalue weighted by Crippen LogP contribution is 2.55. The zero-order chi connectivity index (χ0) is 15.6. The first kappa shape index (κ1) is 13.5. The molecule has 2 unspecified atom stereocenters. The van der Waals surface area contributed by atoms with Gasteiger partial charge in [0, 0.05) is 16.8 Å². The number of nitrogens with zero attached hydrogens (tertiary/aromatic N) is 2. The van der Waals surface area contributed by atoms with Gasteiger partial charge in [0.05, 0.1) is 22.6 Å². The van der Waals surface area contributed by atoms with Crippen LogP contribution in [-0.2, 0) is 0 Å². The number of piperidine rings is 1. The molecule has 2 bridgehead atoms. The fourth-order valence-corrected chi connectivity index (χ4v) is 5.54. The Labute approximate surface area is 138 Å². The third-order valence-corrected chi connectivity index (χ3v) is 6.92. The predicted molar refractivity (Wildman–Crippen MR) is 89.4 cm³/mol. The molecule has 1 aliphatic carbocycles. The van der Waals surface area contributed by atoms with Crippen LogP contribution >= 0.6 is 11.3 Å². The summed E-state index contributed by atoms with van der Waals surface area (Å²) < 4.78 is 1.01. The lowest BCUT2D eigenvalue weighted by atomic mass is 9.92. The average Bonchev–Trinajstić information content (AvgIpc) is 2.96. The van der Waals surface area contributed by atoms with Crippen LogP contribution in [0.1, 0.15) is 34.5 Å². The van der Waals surface area contributed by atoms with Gasteiger partial charge in [0.1, 0.15) is 0 Å². The first-order valence-corrected chi connectivity index (χ1v) is 9.01. The molecule has 5 rings (SSSR count). The summed E-state index contributed by atoms with van der Waals surface area (Å²) in [6.07, 6.45) is 3.67. The number of thiophene rings is 1. The third kappa shape index (κ3) is 1.89. The number of fused-ring (bicyclic) bond motifs is 4. The molecule has 2 aromatic rings. The first-order chi connectivity index (χ1) is 11.2. The molecule has 5 heteroatoms. The molecule has 4 nitrogen and oxygen atoms in total. The van der Waals surface area contributed by atoms with Gasteiger partial charge in [0.15, 0.2) is 0 Å². The van der Waals surface area contributed by atoms with Crippen LogP contribution in [0.25, 0.3) is 10.1 Å². The Balaban J connectivity index is 1.42. The van der Waals surface area contributed by atoms with Gasteiger partial charge in [-0.1, -0.05) is 6.07 Å². The van der Waals surface area contributed by atoms with Gasteiger partial charge in [-0.3, -0.25) is 9.69 Å². The van der Waals surface area contributed by atoms with E-state index in [4.69, 9.17) is 5.26 Å². The molecule has 1 aromatic carbocycles. The smallest absolute Gasteiger partial charge is 0.261 e. The van der Waals surface area contributed by atoms with Crippen LogP contribution < -0.4 is 5.32 Å². The first-order valence-electron chi connectivity index (χ1n) is 8.19. The van der Waals surface area contributed by atoms with Crippen molar-refractivity contribution in [2.75, 3.05) is 13.1 Å². The molecule has 1 N–H and O–H groups in total. The lowest BCUT2D eigenvalue weighted by Crippen LogP contribution is -2.51. The molecule has 3 atom stereocenters. The maximum atomic E-state index is 12.7. The second kappa shape index (κ2) is 4.56. The van der Waals surface area contributed by atoms with Gasteiger partial charge < -0.3 is 5.32 Å². The zero-order valence-electron chi connectivity index (χ0n) is 12.7. The second-order valence-electron chi connectivity index (χ2n) is 7.02. The molecule has 3 aliphatic rings. The molecular weight excluding hydrogens is 306 g/mol. The fourth-order valence-electron chi connectivity index (χ4n) is 4.53.